The molecule has 6 nitrogen and oxygen atoms in total. The Hall–Kier alpha value is -2.98. The number of nitrogens with zero attached hydrogens (tertiary/aromatic N) is 4. The minimum atomic E-state index is -0.284. The van der Waals surface area contributed by atoms with Crippen molar-refractivity contribution in [2.75, 3.05) is 37.6 Å². The van der Waals surface area contributed by atoms with Crippen LogP contribution in [0.3, 0.4) is 0 Å². The van der Waals surface area contributed by atoms with E-state index in [1.54, 1.807) is 30.5 Å². The summed E-state index contributed by atoms with van der Waals surface area (Å²) in [6, 6.07) is 11.8. The fraction of sp³-hybridized carbons (Fsp3) is 0.409. The summed E-state index contributed by atoms with van der Waals surface area (Å²) in [5.74, 6) is 0.565. The number of pyridine rings is 1. The average Bonchev–Trinajstić information content (AvgIpc) is 2.73. The molecular formula is C22H26FN5O. The third-order valence-corrected chi connectivity index (χ3v) is 5.16. The molecule has 0 spiro atoms. The van der Waals surface area contributed by atoms with Gasteiger partial charge in [-0.3, -0.25) is 9.69 Å². The second kappa shape index (κ2) is 9.48. The molecule has 0 radical (unpaired) electrons. The fourth-order valence-corrected chi connectivity index (χ4v) is 3.58. The number of carbonyl (C=O) groups is 1. The molecule has 3 rings (SSSR count). The largest absolute Gasteiger partial charge is 0.353 e. The van der Waals surface area contributed by atoms with Crippen LogP contribution in [-0.2, 0) is 4.79 Å². The highest BCUT2D eigenvalue weighted by Crippen LogP contribution is 2.22. The second-order valence-electron chi connectivity index (χ2n) is 7.59. The number of hydrogen-bond acceptors (Lipinski definition) is 5. The van der Waals surface area contributed by atoms with Crippen molar-refractivity contribution in [3.63, 3.8) is 0 Å². The molecule has 1 aliphatic rings. The van der Waals surface area contributed by atoms with E-state index < -0.39 is 0 Å². The van der Waals surface area contributed by atoms with Crippen molar-refractivity contribution in [1.29, 1.82) is 5.26 Å². The lowest BCUT2D eigenvalue weighted by Gasteiger charge is -2.35. The molecular weight excluding hydrogens is 369 g/mol. The zero-order valence-electron chi connectivity index (χ0n) is 16.8. The highest BCUT2D eigenvalue weighted by Gasteiger charge is 2.24. The van der Waals surface area contributed by atoms with E-state index in [-0.39, 0.29) is 23.7 Å². The summed E-state index contributed by atoms with van der Waals surface area (Å²) >= 11 is 0. The van der Waals surface area contributed by atoms with Gasteiger partial charge in [0.2, 0.25) is 5.91 Å². The van der Waals surface area contributed by atoms with E-state index in [2.05, 4.69) is 26.2 Å². The molecule has 1 amide bonds. The Labute approximate surface area is 171 Å². The first-order chi connectivity index (χ1) is 14.0. The van der Waals surface area contributed by atoms with E-state index in [1.165, 1.54) is 12.1 Å². The standard InChI is InChI=1S/C22H26FN5O/c1-16(2)21(17-5-7-19(23)8-6-17)26-20(29)15-27-10-12-28(13-11-27)22-18(14-24)4-3-9-25-22/h3-9,16,21H,10-13,15H2,1-2H3,(H,26,29). The van der Waals surface area contributed by atoms with Crippen LogP contribution in [0.4, 0.5) is 10.2 Å². The van der Waals surface area contributed by atoms with Crippen molar-refractivity contribution < 1.29 is 9.18 Å². The van der Waals surface area contributed by atoms with E-state index in [0.717, 1.165) is 18.7 Å². The summed E-state index contributed by atoms with van der Waals surface area (Å²) in [5, 5.41) is 12.3. The molecule has 2 aromatic rings. The molecule has 1 fully saturated rings. The second-order valence-corrected chi connectivity index (χ2v) is 7.59. The SMILES string of the molecule is CC(C)C(NC(=O)CN1CCN(c2ncccc2C#N)CC1)c1ccc(F)cc1. The van der Waals surface area contributed by atoms with Crippen LogP contribution in [0.2, 0.25) is 0 Å². The Kier molecular flexibility index (Phi) is 6.78. The quantitative estimate of drug-likeness (QED) is 0.814. The van der Waals surface area contributed by atoms with Gasteiger partial charge < -0.3 is 10.2 Å². The number of aromatic nitrogens is 1. The minimum absolute atomic E-state index is 0.0444. The van der Waals surface area contributed by atoms with Crippen LogP contribution in [0.5, 0.6) is 0 Å². The molecule has 2 heterocycles. The average molecular weight is 395 g/mol. The first kappa shape index (κ1) is 20.7. The van der Waals surface area contributed by atoms with Crippen LogP contribution in [-0.4, -0.2) is 48.5 Å². The molecule has 1 saturated heterocycles. The minimum Gasteiger partial charge on any atom is -0.353 e. The van der Waals surface area contributed by atoms with Gasteiger partial charge in [0.1, 0.15) is 17.7 Å². The molecule has 1 N–H and O–H groups in total. The monoisotopic (exact) mass is 395 g/mol. The van der Waals surface area contributed by atoms with Gasteiger partial charge in [-0.15, -0.1) is 0 Å². The number of anilines is 1. The number of nitriles is 1. The first-order valence-corrected chi connectivity index (χ1v) is 9.85. The third-order valence-electron chi connectivity index (χ3n) is 5.16. The molecule has 1 aliphatic heterocycles. The summed E-state index contributed by atoms with van der Waals surface area (Å²) < 4.78 is 13.2. The van der Waals surface area contributed by atoms with Gasteiger partial charge in [-0.1, -0.05) is 26.0 Å². The summed E-state index contributed by atoms with van der Waals surface area (Å²) in [5.41, 5.74) is 1.47. The van der Waals surface area contributed by atoms with E-state index in [9.17, 15) is 14.4 Å². The lowest BCUT2D eigenvalue weighted by molar-refractivity contribution is -0.123. The Balaban J connectivity index is 1.55. The van der Waals surface area contributed by atoms with Gasteiger partial charge in [0.25, 0.3) is 0 Å². The van der Waals surface area contributed by atoms with Crippen LogP contribution in [0.25, 0.3) is 0 Å². The molecule has 1 unspecified atom stereocenters. The molecule has 0 aliphatic carbocycles. The number of nitrogens with one attached hydrogen (secondary N) is 1. The topological polar surface area (TPSA) is 72.3 Å². The number of rotatable bonds is 6. The first-order valence-electron chi connectivity index (χ1n) is 9.85. The number of halogens is 1. The maximum atomic E-state index is 13.2. The normalized spacial score (nSPS) is 15.8. The van der Waals surface area contributed by atoms with Gasteiger partial charge in [0.15, 0.2) is 0 Å². The number of carbonyl (C=O) groups excluding carboxylic acids is 1. The Morgan fingerprint density at radius 3 is 2.52 bits per heavy atom. The summed E-state index contributed by atoms with van der Waals surface area (Å²) in [6.07, 6.45) is 1.69. The lowest BCUT2D eigenvalue weighted by atomic mass is 9.96. The molecule has 29 heavy (non-hydrogen) atoms. The number of piperazine rings is 1. The Morgan fingerprint density at radius 2 is 1.90 bits per heavy atom. The van der Waals surface area contributed by atoms with Gasteiger partial charge >= 0.3 is 0 Å². The van der Waals surface area contributed by atoms with Gasteiger partial charge in [-0.05, 0) is 35.7 Å². The van der Waals surface area contributed by atoms with Crippen LogP contribution in [0.1, 0.15) is 31.0 Å². The molecule has 1 atom stereocenters. The fourth-order valence-electron chi connectivity index (χ4n) is 3.58. The van der Waals surface area contributed by atoms with E-state index in [0.29, 0.717) is 31.0 Å². The van der Waals surface area contributed by atoms with E-state index in [4.69, 9.17) is 0 Å². The van der Waals surface area contributed by atoms with Crippen molar-refractivity contribution in [2.24, 2.45) is 5.92 Å². The Morgan fingerprint density at radius 1 is 1.21 bits per heavy atom. The zero-order chi connectivity index (χ0) is 20.8. The highest BCUT2D eigenvalue weighted by atomic mass is 19.1. The molecule has 152 valence electrons. The Bertz CT molecular complexity index is 870. The molecule has 0 saturated carbocycles. The number of benzene rings is 1. The van der Waals surface area contributed by atoms with Crippen molar-refractivity contribution in [2.45, 2.75) is 19.9 Å². The predicted octanol–water partition coefficient (Wildman–Crippen LogP) is 2.73. The van der Waals surface area contributed by atoms with Gasteiger partial charge in [-0.2, -0.15) is 5.26 Å². The maximum Gasteiger partial charge on any atom is 0.234 e. The third kappa shape index (κ3) is 5.30. The van der Waals surface area contributed by atoms with Crippen molar-refractivity contribution in [3.8, 4) is 6.07 Å². The van der Waals surface area contributed by atoms with Crippen LogP contribution < -0.4 is 10.2 Å². The lowest BCUT2D eigenvalue weighted by Crippen LogP contribution is -2.50. The smallest absolute Gasteiger partial charge is 0.234 e. The summed E-state index contributed by atoms with van der Waals surface area (Å²) in [4.78, 5) is 21.1. The van der Waals surface area contributed by atoms with Gasteiger partial charge in [0.05, 0.1) is 18.2 Å². The number of hydrogen-bond donors (Lipinski definition) is 1. The molecule has 0 bridgehead atoms. The van der Waals surface area contributed by atoms with Gasteiger partial charge in [-0.25, -0.2) is 9.37 Å². The molecule has 1 aromatic heterocycles. The summed E-state index contributed by atoms with van der Waals surface area (Å²) in [7, 11) is 0. The van der Waals surface area contributed by atoms with E-state index in [1.807, 2.05) is 13.8 Å². The van der Waals surface area contributed by atoms with Crippen molar-refractivity contribution >= 4 is 11.7 Å². The highest BCUT2D eigenvalue weighted by molar-refractivity contribution is 5.78. The van der Waals surface area contributed by atoms with Crippen LogP contribution in [0.15, 0.2) is 42.6 Å². The maximum absolute atomic E-state index is 13.2. The van der Waals surface area contributed by atoms with Crippen LogP contribution >= 0.6 is 0 Å². The van der Waals surface area contributed by atoms with Crippen molar-refractivity contribution in [3.05, 3.63) is 59.5 Å². The number of amides is 1. The molecule has 1 aromatic carbocycles. The van der Waals surface area contributed by atoms with E-state index >= 15 is 0 Å². The molecule has 7 heteroatoms. The summed E-state index contributed by atoms with van der Waals surface area (Å²) in [6.45, 7) is 7.25. The van der Waals surface area contributed by atoms with Crippen LogP contribution in [0, 0.1) is 23.1 Å². The van der Waals surface area contributed by atoms with Gasteiger partial charge in [0, 0.05) is 32.4 Å². The van der Waals surface area contributed by atoms with Crippen molar-refractivity contribution in [1.82, 2.24) is 15.2 Å². The predicted molar refractivity (Wildman–Crippen MR) is 110 cm³/mol. The zero-order valence-corrected chi connectivity index (χ0v) is 16.8.